The first-order valence-electron chi connectivity index (χ1n) is 4.81. The van der Waals surface area contributed by atoms with Crippen LogP contribution in [0.15, 0.2) is 31.0 Å². The molecule has 0 amide bonds. The Balaban J connectivity index is 2.05. The highest BCUT2D eigenvalue weighted by Crippen LogP contribution is 2.01. The number of nitrogens with zero attached hydrogens (tertiary/aromatic N) is 3. The van der Waals surface area contributed by atoms with E-state index in [9.17, 15) is 4.79 Å². The Labute approximate surface area is 92.0 Å². The van der Waals surface area contributed by atoms with Crippen molar-refractivity contribution in [2.75, 3.05) is 0 Å². The molecule has 0 fully saturated rings. The van der Waals surface area contributed by atoms with Crippen molar-refractivity contribution >= 4 is 5.78 Å². The molecular formula is C10H11N5O. The van der Waals surface area contributed by atoms with E-state index in [4.69, 9.17) is 5.73 Å². The molecule has 2 aromatic rings. The van der Waals surface area contributed by atoms with Gasteiger partial charge in [0.15, 0.2) is 5.82 Å². The summed E-state index contributed by atoms with van der Waals surface area (Å²) >= 11 is 0. The summed E-state index contributed by atoms with van der Waals surface area (Å²) in [6.45, 7) is 0. The third-order valence-electron chi connectivity index (χ3n) is 2.12. The van der Waals surface area contributed by atoms with Crippen LogP contribution in [0.1, 0.15) is 16.3 Å². The van der Waals surface area contributed by atoms with Gasteiger partial charge in [-0.1, -0.05) is 0 Å². The summed E-state index contributed by atoms with van der Waals surface area (Å²) in [5, 5.41) is 0. The van der Waals surface area contributed by atoms with Gasteiger partial charge in [0.25, 0.3) is 0 Å². The molecule has 0 radical (unpaired) electrons. The van der Waals surface area contributed by atoms with Crippen LogP contribution in [0, 0.1) is 0 Å². The Hall–Kier alpha value is -2.08. The second-order valence-corrected chi connectivity index (χ2v) is 3.32. The summed E-state index contributed by atoms with van der Waals surface area (Å²) in [6, 6.07) is 1.000. The van der Waals surface area contributed by atoms with E-state index in [2.05, 4.69) is 19.9 Å². The molecule has 2 rings (SSSR count). The third kappa shape index (κ3) is 2.29. The average molecular weight is 217 g/mol. The molecule has 1 atom stereocenters. The first-order valence-corrected chi connectivity index (χ1v) is 4.81. The van der Waals surface area contributed by atoms with Crippen molar-refractivity contribution in [1.29, 1.82) is 0 Å². The molecule has 0 aliphatic heterocycles. The number of carbonyl (C=O) groups is 1. The summed E-state index contributed by atoms with van der Waals surface area (Å²) in [5.74, 6) is -0.121. The molecule has 0 aliphatic rings. The van der Waals surface area contributed by atoms with Crippen molar-refractivity contribution in [1.82, 2.24) is 19.9 Å². The van der Waals surface area contributed by atoms with E-state index >= 15 is 0 Å². The van der Waals surface area contributed by atoms with E-state index < -0.39 is 6.04 Å². The van der Waals surface area contributed by atoms with E-state index in [0.717, 1.165) is 5.69 Å². The van der Waals surface area contributed by atoms with Gasteiger partial charge in [0, 0.05) is 30.7 Å². The van der Waals surface area contributed by atoms with E-state index in [0.29, 0.717) is 6.42 Å². The summed E-state index contributed by atoms with van der Waals surface area (Å²) in [5.41, 5.74) is 6.58. The largest absolute Gasteiger partial charge is 0.348 e. The standard InChI is InChI=1S/C10H11N5O/c11-8(4-7-5-12-6-15-7)9(16)10-13-2-1-3-14-10/h1-3,5-6,8H,4,11H2,(H,12,15)/t8-/m0/s1. The Morgan fingerprint density at radius 2 is 2.19 bits per heavy atom. The van der Waals surface area contributed by atoms with E-state index in [-0.39, 0.29) is 11.6 Å². The zero-order valence-electron chi connectivity index (χ0n) is 8.50. The van der Waals surface area contributed by atoms with Gasteiger partial charge in [0.05, 0.1) is 12.4 Å². The SMILES string of the molecule is N[C@@H](Cc1cnc[nH]1)C(=O)c1ncccn1. The highest BCUT2D eigenvalue weighted by Gasteiger charge is 2.18. The van der Waals surface area contributed by atoms with Gasteiger partial charge >= 0.3 is 0 Å². The first-order chi connectivity index (χ1) is 7.77. The number of aromatic amines is 1. The maximum Gasteiger partial charge on any atom is 0.217 e. The van der Waals surface area contributed by atoms with Crippen LogP contribution in [0.4, 0.5) is 0 Å². The highest BCUT2D eigenvalue weighted by atomic mass is 16.1. The minimum atomic E-state index is -0.650. The summed E-state index contributed by atoms with van der Waals surface area (Å²) in [7, 11) is 0. The number of nitrogens with one attached hydrogen (secondary N) is 1. The van der Waals surface area contributed by atoms with Gasteiger partial charge in [-0.15, -0.1) is 0 Å². The quantitative estimate of drug-likeness (QED) is 0.700. The van der Waals surface area contributed by atoms with Crippen LogP contribution < -0.4 is 5.73 Å². The molecule has 0 spiro atoms. The lowest BCUT2D eigenvalue weighted by Crippen LogP contribution is -2.34. The van der Waals surface area contributed by atoms with Crippen LogP contribution in [-0.2, 0) is 6.42 Å². The predicted molar refractivity (Wildman–Crippen MR) is 56.6 cm³/mol. The molecule has 82 valence electrons. The molecule has 2 heterocycles. The van der Waals surface area contributed by atoms with E-state index in [1.54, 1.807) is 18.6 Å². The molecule has 0 unspecified atom stereocenters. The highest BCUT2D eigenvalue weighted by molar-refractivity contribution is 5.96. The van der Waals surface area contributed by atoms with Gasteiger partial charge in [-0.2, -0.15) is 0 Å². The lowest BCUT2D eigenvalue weighted by atomic mass is 10.1. The van der Waals surface area contributed by atoms with E-state index in [1.165, 1.54) is 12.4 Å². The molecule has 6 nitrogen and oxygen atoms in total. The van der Waals surface area contributed by atoms with Crippen LogP contribution in [0.3, 0.4) is 0 Å². The number of carbonyl (C=O) groups excluding carboxylic acids is 1. The van der Waals surface area contributed by atoms with Crippen molar-refractivity contribution in [2.24, 2.45) is 5.73 Å². The van der Waals surface area contributed by atoms with Crippen molar-refractivity contribution in [3.63, 3.8) is 0 Å². The predicted octanol–water partition coefficient (Wildman–Crippen LogP) is -0.0476. The first kappa shape index (κ1) is 10.4. The number of nitrogens with two attached hydrogens (primary N) is 1. The van der Waals surface area contributed by atoms with Gasteiger partial charge in [-0.3, -0.25) is 4.79 Å². The number of imidazole rings is 1. The number of aromatic nitrogens is 4. The number of rotatable bonds is 4. The molecule has 0 bridgehead atoms. The van der Waals surface area contributed by atoms with Crippen molar-refractivity contribution in [2.45, 2.75) is 12.5 Å². The fraction of sp³-hybridized carbons (Fsp3) is 0.200. The minimum absolute atomic E-state index is 0.148. The topological polar surface area (TPSA) is 97.5 Å². The molecule has 6 heteroatoms. The van der Waals surface area contributed by atoms with Crippen LogP contribution in [-0.4, -0.2) is 31.8 Å². The molecule has 0 saturated heterocycles. The monoisotopic (exact) mass is 217 g/mol. The zero-order valence-corrected chi connectivity index (χ0v) is 8.50. The maximum atomic E-state index is 11.8. The summed E-state index contributed by atoms with van der Waals surface area (Å²) in [6.07, 6.45) is 6.62. The molecular weight excluding hydrogens is 206 g/mol. The normalized spacial score (nSPS) is 12.3. The Bertz CT molecular complexity index is 453. The van der Waals surface area contributed by atoms with Crippen LogP contribution >= 0.6 is 0 Å². The lowest BCUT2D eigenvalue weighted by molar-refractivity contribution is 0.0950. The Morgan fingerprint density at radius 3 is 2.81 bits per heavy atom. The molecule has 0 aromatic carbocycles. The number of Topliss-reactive ketones (excluding diaryl/α,β-unsaturated/α-hetero) is 1. The third-order valence-corrected chi connectivity index (χ3v) is 2.12. The molecule has 3 N–H and O–H groups in total. The van der Waals surface area contributed by atoms with Gasteiger partial charge in [0.1, 0.15) is 0 Å². The number of hydrogen-bond donors (Lipinski definition) is 2. The van der Waals surface area contributed by atoms with Crippen molar-refractivity contribution in [3.05, 3.63) is 42.5 Å². The second-order valence-electron chi connectivity index (χ2n) is 3.32. The van der Waals surface area contributed by atoms with Gasteiger partial charge in [0.2, 0.25) is 5.78 Å². The van der Waals surface area contributed by atoms with E-state index in [1.807, 2.05) is 0 Å². The van der Waals surface area contributed by atoms with Crippen LogP contribution in [0.2, 0.25) is 0 Å². The Morgan fingerprint density at radius 1 is 1.44 bits per heavy atom. The van der Waals surface area contributed by atoms with Gasteiger partial charge < -0.3 is 10.7 Å². The number of H-pyrrole nitrogens is 1. The smallest absolute Gasteiger partial charge is 0.217 e. The van der Waals surface area contributed by atoms with Crippen LogP contribution in [0.5, 0.6) is 0 Å². The average Bonchev–Trinajstić information content (AvgIpc) is 2.82. The maximum absolute atomic E-state index is 11.8. The second kappa shape index (κ2) is 4.63. The number of hydrogen-bond acceptors (Lipinski definition) is 5. The molecule has 2 aromatic heterocycles. The summed E-state index contributed by atoms with van der Waals surface area (Å²) in [4.78, 5) is 26.3. The summed E-state index contributed by atoms with van der Waals surface area (Å²) < 4.78 is 0. The molecule has 0 aliphatic carbocycles. The van der Waals surface area contributed by atoms with Gasteiger partial charge in [-0.25, -0.2) is 15.0 Å². The zero-order chi connectivity index (χ0) is 11.4. The lowest BCUT2D eigenvalue weighted by Gasteiger charge is -2.07. The van der Waals surface area contributed by atoms with Gasteiger partial charge in [-0.05, 0) is 6.07 Å². The van der Waals surface area contributed by atoms with Crippen molar-refractivity contribution in [3.8, 4) is 0 Å². The fourth-order valence-electron chi connectivity index (χ4n) is 1.32. The number of ketones is 1. The molecule has 16 heavy (non-hydrogen) atoms. The van der Waals surface area contributed by atoms with Crippen molar-refractivity contribution < 1.29 is 4.79 Å². The minimum Gasteiger partial charge on any atom is -0.348 e. The Kier molecular flexibility index (Phi) is 3.02. The fourth-order valence-corrected chi connectivity index (χ4v) is 1.32. The van der Waals surface area contributed by atoms with Crippen LogP contribution in [0.25, 0.3) is 0 Å². The molecule has 0 saturated carbocycles.